The van der Waals surface area contributed by atoms with Gasteiger partial charge in [-0.25, -0.2) is 0 Å². The highest BCUT2D eigenvalue weighted by molar-refractivity contribution is 5.68. The highest BCUT2D eigenvalue weighted by Gasteiger charge is 1.98. The van der Waals surface area contributed by atoms with Crippen LogP contribution < -0.4 is 0 Å². The lowest BCUT2D eigenvalue weighted by Crippen LogP contribution is -1.98. The van der Waals surface area contributed by atoms with Crippen molar-refractivity contribution < 1.29 is 9.53 Å². The Kier molecular flexibility index (Phi) is 14.9. The molecule has 0 aromatic carbocycles. The number of unbranched alkanes of at least 4 members (excludes halogenated alkanes) is 8. The van der Waals surface area contributed by atoms with Crippen LogP contribution in [0.3, 0.4) is 0 Å². The molecular formula is C18H30O2. The van der Waals surface area contributed by atoms with Crippen molar-refractivity contribution in [3.8, 4) is 11.8 Å². The van der Waals surface area contributed by atoms with Gasteiger partial charge >= 0.3 is 5.97 Å². The van der Waals surface area contributed by atoms with Gasteiger partial charge in [0.2, 0.25) is 0 Å². The predicted octanol–water partition coefficient (Wildman–Crippen LogP) is 5.03. The van der Waals surface area contributed by atoms with Gasteiger partial charge in [-0.3, -0.25) is 4.79 Å². The van der Waals surface area contributed by atoms with Gasteiger partial charge in [0.15, 0.2) is 0 Å². The summed E-state index contributed by atoms with van der Waals surface area (Å²) in [5.74, 6) is 6.16. The van der Waals surface area contributed by atoms with Crippen molar-refractivity contribution in [2.24, 2.45) is 0 Å². The molecule has 0 aromatic rings. The molecule has 20 heavy (non-hydrogen) atoms. The largest absolute Gasteiger partial charge is 0.469 e. The van der Waals surface area contributed by atoms with E-state index in [1.165, 1.54) is 32.8 Å². The zero-order valence-electron chi connectivity index (χ0n) is 13.2. The maximum atomic E-state index is 10.9. The molecule has 0 N–H and O–H groups in total. The van der Waals surface area contributed by atoms with E-state index in [2.05, 4.69) is 29.6 Å². The van der Waals surface area contributed by atoms with Gasteiger partial charge in [-0.2, -0.15) is 0 Å². The third-order valence-corrected chi connectivity index (χ3v) is 3.19. The van der Waals surface area contributed by atoms with Crippen molar-refractivity contribution in [2.45, 2.75) is 77.6 Å². The van der Waals surface area contributed by atoms with Gasteiger partial charge in [0.25, 0.3) is 0 Å². The third kappa shape index (κ3) is 14.8. The Balaban J connectivity index is 3.28. The van der Waals surface area contributed by atoms with E-state index in [9.17, 15) is 4.79 Å². The van der Waals surface area contributed by atoms with E-state index in [0.29, 0.717) is 6.42 Å². The number of esters is 1. The zero-order chi connectivity index (χ0) is 14.9. The Hall–Kier alpha value is -1.23. The topological polar surface area (TPSA) is 26.3 Å². The molecule has 0 radical (unpaired) electrons. The average molecular weight is 278 g/mol. The Morgan fingerprint density at radius 3 is 2.55 bits per heavy atom. The van der Waals surface area contributed by atoms with Gasteiger partial charge in [0.05, 0.1) is 7.11 Å². The van der Waals surface area contributed by atoms with Crippen LogP contribution in [0.15, 0.2) is 12.2 Å². The minimum absolute atomic E-state index is 0.103. The molecule has 2 nitrogen and oxygen atoms in total. The van der Waals surface area contributed by atoms with Crippen LogP contribution in [0.4, 0.5) is 0 Å². The van der Waals surface area contributed by atoms with E-state index >= 15 is 0 Å². The second kappa shape index (κ2) is 15.8. The molecule has 0 rings (SSSR count). The predicted molar refractivity (Wildman–Crippen MR) is 85.4 cm³/mol. The fourth-order valence-corrected chi connectivity index (χ4v) is 1.90. The summed E-state index contributed by atoms with van der Waals surface area (Å²) >= 11 is 0. The number of allylic oxidation sites excluding steroid dienone is 2. The molecule has 114 valence electrons. The van der Waals surface area contributed by atoms with E-state index in [4.69, 9.17) is 0 Å². The lowest BCUT2D eigenvalue weighted by Gasteiger charge is -1.98. The van der Waals surface area contributed by atoms with Gasteiger partial charge in [-0.15, -0.1) is 0 Å². The van der Waals surface area contributed by atoms with Gasteiger partial charge in [-0.05, 0) is 31.8 Å². The monoisotopic (exact) mass is 278 g/mol. The lowest BCUT2D eigenvalue weighted by molar-refractivity contribution is -0.140. The number of methoxy groups -OCH3 is 1. The van der Waals surface area contributed by atoms with Crippen LogP contribution in [0, 0.1) is 11.8 Å². The molecule has 0 unspecified atom stereocenters. The standard InChI is InChI=1S/C18H30O2/c1-3-4-5-6-7-8-9-10-11-12-13-14-15-16-17-18(19)20-2/h8-9H,3-7,12-17H2,1-2H3/b9-8+. The molecule has 0 saturated carbocycles. The molecule has 0 saturated heterocycles. The maximum Gasteiger partial charge on any atom is 0.305 e. The second-order valence-corrected chi connectivity index (χ2v) is 5.06. The first-order chi connectivity index (χ1) is 9.81. The summed E-state index contributed by atoms with van der Waals surface area (Å²) in [6.07, 6.45) is 16.4. The molecule has 0 atom stereocenters. The smallest absolute Gasteiger partial charge is 0.305 e. The first-order valence-corrected chi connectivity index (χ1v) is 8.01. The first kappa shape index (κ1) is 18.8. The SMILES string of the molecule is CCCCCC/C=C/C#CCCCCCCC(=O)OC. The number of hydrogen-bond donors (Lipinski definition) is 0. The summed E-state index contributed by atoms with van der Waals surface area (Å²) in [5.41, 5.74) is 0. The molecule has 0 fully saturated rings. The number of ether oxygens (including phenoxy) is 1. The highest BCUT2D eigenvalue weighted by Crippen LogP contribution is 2.05. The Bertz CT molecular complexity index is 307. The van der Waals surface area contributed by atoms with Crippen LogP contribution in [0.2, 0.25) is 0 Å². The van der Waals surface area contributed by atoms with Gasteiger partial charge in [0, 0.05) is 12.8 Å². The molecule has 2 heteroatoms. The Morgan fingerprint density at radius 1 is 1.05 bits per heavy atom. The number of rotatable bonds is 11. The molecule has 0 bridgehead atoms. The minimum Gasteiger partial charge on any atom is -0.469 e. The molecule has 0 aromatic heterocycles. The fourth-order valence-electron chi connectivity index (χ4n) is 1.90. The minimum atomic E-state index is -0.103. The zero-order valence-corrected chi connectivity index (χ0v) is 13.2. The molecule has 0 aliphatic rings. The van der Waals surface area contributed by atoms with E-state index < -0.39 is 0 Å². The van der Waals surface area contributed by atoms with E-state index in [-0.39, 0.29) is 5.97 Å². The first-order valence-electron chi connectivity index (χ1n) is 8.01. The fraction of sp³-hybridized carbons (Fsp3) is 0.722. The van der Waals surface area contributed by atoms with E-state index in [1.807, 2.05) is 6.08 Å². The van der Waals surface area contributed by atoms with Gasteiger partial charge in [0.1, 0.15) is 0 Å². The Labute approximate surface area is 125 Å². The normalized spacial score (nSPS) is 10.3. The van der Waals surface area contributed by atoms with Crippen molar-refractivity contribution in [3.05, 3.63) is 12.2 Å². The number of carbonyl (C=O) groups is 1. The molecular weight excluding hydrogens is 248 g/mol. The Morgan fingerprint density at radius 2 is 1.80 bits per heavy atom. The van der Waals surface area contributed by atoms with Crippen LogP contribution in [0.5, 0.6) is 0 Å². The molecule has 0 spiro atoms. The van der Waals surface area contributed by atoms with E-state index in [1.54, 1.807) is 0 Å². The van der Waals surface area contributed by atoms with Gasteiger partial charge in [-0.1, -0.05) is 56.9 Å². The summed E-state index contributed by atoms with van der Waals surface area (Å²) in [7, 11) is 1.44. The molecule has 0 aliphatic carbocycles. The van der Waals surface area contributed by atoms with Crippen molar-refractivity contribution in [1.82, 2.24) is 0 Å². The molecule has 0 heterocycles. The van der Waals surface area contributed by atoms with Gasteiger partial charge < -0.3 is 4.74 Å². The maximum absolute atomic E-state index is 10.9. The summed E-state index contributed by atoms with van der Waals surface area (Å²) in [4.78, 5) is 10.9. The van der Waals surface area contributed by atoms with Crippen LogP contribution in [-0.2, 0) is 9.53 Å². The molecule has 0 amide bonds. The van der Waals surface area contributed by atoms with Crippen molar-refractivity contribution in [2.75, 3.05) is 7.11 Å². The quantitative estimate of drug-likeness (QED) is 0.301. The third-order valence-electron chi connectivity index (χ3n) is 3.19. The van der Waals surface area contributed by atoms with Crippen LogP contribution in [0.1, 0.15) is 77.6 Å². The summed E-state index contributed by atoms with van der Waals surface area (Å²) in [6.45, 7) is 2.23. The van der Waals surface area contributed by atoms with Crippen molar-refractivity contribution in [3.63, 3.8) is 0 Å². The summed E-state index contributed by atoms with van der Waals surface area (Å²) < 4.78 is 4.59. The van der Waals surface area contributed by atoms with Crippen LogP contribution in [0.25, 0.3) is 0 Å². The lowest BCUT2D eigenvalue weighted by atomic mass is 10.1. The average Bonchev–Trinajstić information content (AvgIpc) is 2.47. The number of hydrogen-bond acceptors (Lipinski definition) is 2. The number of carbonyl (C=O) groups excluding carboxylic acids is 1. The molecule has 0 aliphatic heterocycles. The highest BCUT2D eigenvalue weighted by atomic mass is 16.5. The second-order valence-electron chi connectivity index (χ2n) is 5.06. The van der Waals surface area contributed by atoms with E-state index in [0.717, 1.165) is 38.5 Å². The van der Waals surface area contributed by atoms with Crippen LogP contribution in [-0.4, -0.2) is 13.1 Å². The summed E-state index contributed by atoms with van der Waals surface area (Å²) in [6, 6.07) is 0. The van der Waals surface area contributed by atoms with Crippen molar-refractivity contribution in [1.29, 1.82) is 0 Å². The van der Waals surface area contributed by atoms with Crippen LogP contribution >= 0.6 is 0 Å². The van der Waals surface area contributed by atoms with Crippen molar-refractivity contribution >= 4 is 5.97 Å². The summed E-state index contributed by atoms with van der Waals surface area (Å²) in [5, 5.41) is 0.